The number of hydrogen-bond donors (Lipinski definition) is 2. The molecule has 0 aliphatic carbocycles. The number of ether oxygens (including phenoxy) is 1. The minimum atomic E-state index is -0.360. The smallest absolute Gasteiger partial charge is 0.338 e. The van der Waals surface area contributed by atoms with E-state index < -0.39 is 0 Å². The highest BCUT2D eigenvalue weighted by atomic mass is 16.5. The highest BCUT2D eigenvalue weighted by molar-refractivity contribution is 5.94. The van der Waals surface area contributed by atoms with Gasteiger partial charge in [-0.2, -0.15) is 0 Å². The van der Waals surface area contributed by atoms with Gasteiger partial charge in [-0.05, 0) is 51.5 Å². The van der Waals surface area contributed by atoms with E-state index in [4.69, 9.17) is 4.74 Å². The molecular weight excluding hydrogens is 268 g/mol. The molecule has 0 aliphatic rings. The third-order valence-corrected chi connectivity index (χ3v) is 2.97. The standard InChI is InChI=1S/C16H24N2O3/c1-5-12(4)17-10-15(19)18-14-8-6-13(7-9-14)16(20)21-11(2)3/h6-9,11-12,17H,5,10H2,1-4H3,(H,18,19). The quantitative estimate of drug-likeness (QED) is 0.758. The second-order valence-corrected chi connectivity index (χ2v) is 5.27. The van der Waals surface area contributed by atoms with Gasteiger partial charge in [0.15, 0.2) is 0 Å². The number of nitrogens with one attached hydrogen (secondary N) is 2. The van der Waals surface area contributed by atoms with E-state index in [0.29, 0.717) is 17.3 Å². The van der Waals surface area contributed by atoms with Gasteiger partial charge < -0.3 is 15.4 Å². The van der Waals surface area contributed by atoms with Crippen LogP contribution < -0.4 is 10.6 Å². The van der Waals surface area contributed by atoms with E-state index in [-0.39, 0.29) is 24.5 Å². The SMILES string of the molecule is CCC(C)NCC(=O)Nc1ccc(C(=O)OC(C)C)cc1. The summed E-state index contributed by atoms with van der Waals surface area (Å²) in [4.78, 5) is 23.4. The summed E-state index contributed by atoms with van der Waals surface area (Å²) in [7, 11) is 0. The van der Waals surface area contributed by atoms with Crippen molar-refractivity contribution in [2.45, 2.75) is 46.3 Å². The van der Waals surface area contributed by atoms with E-state index in [9.17, 15) is 9.59 Å². The molecule has 0 bridgehead atoms. The van der Waals surface area contributed by atoms with Crippen LogP contribution in [0.15, 0.2) is 24.3 Å². The van der Waals surface area contributed by atoms with Crippen LogP contribution in [0.4, 0.5) is 5.69 Å². The zero-order valence-corrected chi connectivity index (χ0v) is 13.1. The second kappa shape index (κ2) is 8.42. The van der Waals surface area contributed by atoms with Crippen LogP contribution in [-0.2, 0) is 9.53 Å². The molecule has 0 fully saturated rings. The van der Waals surface area contributed by atoms with Crippen molar-refractivity contribution in [3.63, 3.8) is 0 Å². The first-order chi connectivity index (χ1) is 9.92. The maximum atomic E-state index is 11.7. The van der Waals surface area contributed by atoms with E-state index >= 15 is 0 Å². The molecule has 21 heavy (non-hydrogen) atoms. The number of carbonyl (C=O) groups is 2. The van der Waals surface area contributed by atoms with Gasteiger partial charge in [0.2, 0.25) is 5.91 Å². The zero-order valence-electron chi connectivity index (χ0n) is 13.1. The first kappa shape index (κ1) is 17.2. The Hall–Kier alpha value is -1.88. The average Bonchev–Trinajstić information content (AvgIpc) is 2.44. The first-order valence-electron chi connectivity index (χ1n) is 7.26. The van der Waals surface area contributed by atoms with Crippen LogP contribution in [0.3, 0.4) is 0 Å². The molecule has 0 heterocycles. The topological polar surface area (TPSA) is 67.4 Å². The molecule has 116 valence electrons. The summed E-state index contributed by atoms with van der Waals surface area (Å²) in [6, 6.07) is 6.98. The molecule has 0 spiro atoms. The third-order valence-electron chi connectivity index (χ3n) is 2.97. The van der Waals surface area contributed by atoms with Crippen molar-refractivity contribution in [2.75, 3.05) is 11.9 Å². The van der Waals surface area contributed by atoms with Gasteiger partial charge in [-0.15, -0.1) is 0 Å². The lowest BCUT2D eigenvalue weighted by Crippen LogP contribution is -2.33. The lowest BCUT2D eigenvalue weighted by molar-refractivity contribution is -0.115. The fraction of sp³-hybridized carbons (Fsp3) is 0.500. The summed E-state index contributed by atoms with van der Waals surface area (Å²) < 4.78 is 5.10. The van der Waals surface area contributed by atoms with Crippen LogP contribution in [0, 0.1) is 0 Å². The molecular formula is C16H24N2O3. The van der Waals surface area contributed by atoms with Gasteiger partial charge >= 0.3 is 5.97 Å². The maximum Gasteiger partial charge on any atom is 0.338 e. The van der Waals surface area contributed by atoms with Crippen molar-refractivity contribution in [2.24, 2.45) is 0 Å². The summed E-state index contributed by atoms with van der Waals surface area (Å²) in [5.41, 5.74) is 1.13. The number of carbonyl (C=O) groups excluding carboxylic acids is 2. The summed E-state index contributed by atoms with van der Waals surface area (Å²) in [6.45, 7) is 7.96. The molecule has 0 aliphatic heterocycles. The molecule has 5 heteroatoms. The number of benzene rings is 1. The second-order valence-electron chi connectivity index (χ2n) is 5.27. The van der Waals surface area contributed by atoms with E-state index in [1.165, 1.54) is 0 Å². The van der Waals surface area contributed by atoms with Gasteiger partial charge in [0.25, 0.3) is 0 Å². The molecule has 1 atom stereocenters. The summed E-state index contributed by atoms with van der Waals surface area (Å²) in [5, 5.41) is 5.89. The lowest BCUT2D eigenvalue weighted by atomic mass is 10.2. The Balaban J connectivity index is 2.51. The van der Waals surface area contributed by atoms with Crippen LogP contribution in [0.25, 0.3) is 0 Å². The predicted octanol–water partition coefficient (Wildman–Crippen LogP) is 2.58. The Kier molecular flexibility index (Phi) is 6.88. The number of rotatable bonds is 7. The van der Waals surface area contributed by atoms with E-state index in [2.05, 4.69) is 17.6 Å². The van der Waals surface area contributed by atoms with Crippen LogP contribution in [0.1, 0.15) is 44.5 Å². The number of anilines is 1. The Morgan fingerprint density at radius 2 is 1.76 bits per heavy atom. The molecule has 0 saturated carbocycles. The highest BCUT2D eigenvalue weighted by Gasteiger charge is 2.09. The number of hydrogen-bond acceptors (Lipinski definition) is 4. The summed E-state index contributed by atoms with van der Waals surface area (Å²) in [6.07, 6.45) is 0.823. The van der Waals surface area contributed by atoms with E-state index in [0.717, 1.165) is 6.42 Å². The molecule has 1 unspecified atom stereocenters. The van der Waals surface area contributed by atoms with Gasteiger partial charge in [-0.3, -0.25) is 4.79 Å². The van der Waals surface area contributed by atoms with Crippen LogP contribution in [0.2, 0.25) is 0 Å². The highest BCUT2D eigenvalue weighted by Crippen LogP contribution is 2.11. The Labute approximate surface area is 126 Å². The summed E-state index contributed by atoms with van der Waals surface area (Å²) in [5.74, 6) is -0.464. The molecule has 1 rings (SSSR count). The number of esters is 1. The zero-order chi connectivity index (χ0) is 15.8. The lowest BCUT2D eigenvalue weighted by Gasteiger charge is -2.11. The van der Waals surface area contributed by atoms with Crippen molar-refractivity contribution in [1.82, 2.24) is 5.32 Å². The summed E-state index contributed by atoms with van der Waals surface area (Å²) >= 11 is 0. The molecule has 0 saturated heterocycles. The Morgan fingerprint density at radius 3 is 2.29 bits per heavy atom. The van der Waals surface area contributed by atoms with Gasteiger partial charge in [0, 0.05) is 11.7 Å². The predicted molar refractivity (Wildman–Crippen MR) is 83.4 cm³/mol. The van der Waals surface area contributed by atoms with Crippen molar-refractivity contribution < 1.29 is 14.3 Å². The minimum Gasteiger partial charge on any atom is -0.459 e. The van der Waals surface area contributed by atoms with E-state index in [1.807, 2.05) is 6.92 Å². The fourth-order valence-electron chi connectivity index (χ4n) is 1.59. The van der Waals surface area contributed by atoms with E-state index in [1.54, 1.807) is 38.1 Å². The van der Waals surface area contributed by atoms with Crippen LogP contribution in [-0.4, -0.2) is 30.6 Å². The van der Waals surface area contributed by atoms with Gasteiger partial charge in [0.1, 0.15) is 0 Å². The largest absolute Gasteiger partial charge is 0.459 e. The molecule has 0 radical (unpaired) electrons. The Morgan fingerprint density at radius 1 is 1.14 bits per heavy atom. The van der Waals surface area contributed by atoms with Gasteiger partial charge in [0.05, 0.1) is 18.2 Å². The van der Waals surface area contributed by atoms with Crippen LogP contribution in [0.5, 0.6) is 0 Å². The van der Waals surface area contributed by atoms with Crippen molar-refractivity contribution in [1.29, 1.82) is 0 Å². The van der Waals surface area contributed by atoms with Gasteiger partial charge in [-0.25, -0.2) is 4.79 Å². The maximum absolute atomic E-state index is 11.7. The Bertz CT molecular complexity index is 469. The van der Waals surface area contributed by atoms with Crippen molar-refractivity contribution in [3.8, 4) is 0 Å². The molecule has 5 nitrogen and oxygen atoms in total. The molecule has 1 aromatic rings. The number of amides is 1. The van der Waals surface area contributed by atoms with Crippen molar-refractivity contribution in [3.05, 3.63) is 29.8 Å². The first-order valence-corrected chi connectivity index (χ1v) is 7.26. The molecule has 1 aromatic carbocycles. The van der Waals surface area contributed by atoms with Crippen molar-refractivity contribution >= 4 is 17.6 Å². The minimum absolute atomic E-state index is 0.104. The molecule has 1 amide bonds. The molecule has 2 N–H and O–H groups in total. The fourth-order valence-corrected chi connectivity index (χ4v) is 1.59. The average molecular weight is 292 g/mol. The monoisotopic (exact) mass is 292 g/mol. The van der Waals surface area contributed by atoms with Gasteiger partial charge in [-0.1, -0.05) is 6.92 Å². The molecule has 0 aromatic heterocycles. The third kappa shape index (κ3) is 6.40. The van der Waals surface area contributed by atoms with Crippen LogP contribution >= 0.6 is 0 Å². The normalized spacial score (nSPS) is 12.0.